The summed E-state index contributed by atoms with van der Waals surface area (Å²) in [6, 6.07) is 5.75. The molecule has 1 N–H and O–H groups in total. The Kier molecular flexibility index (Phi) is 2.96. The molecule has 2 rings (SSSR count). The Labute approximate surface area is 100 Å². The zero-order valence-electron chi connectivity index (χ0n) is 10.0. The Bertz CT molecular complexity index is 437. The molecule has 1 aromatic carbocycles. The van der Waals surface area contributed by atoms with Crippen LogP contribution in [0.4, 0.5) is 0 Å². The molecule has 0 amide bonds. The third-order valence-electron chi connectivity index (χ3n) is 2.75. The molecule has 0 unspecified atom stereocenters. The highest BCUT2D eigenvalue weighted by Crippen LogP contribution is 2.35. The summed E-state index contributed by atoms with van der Waals surface area (Å²) in [6.07, 6.45) is 0.859. The minimum Gasteiger partial charge on any atom is -0.481 e. The predicted molar refractivity (Wildman–Crippen MR) is 62.3 cm³/mol. The molecular formula is C13H16O4. The highest BCUT2D eigenvalue weighted by molar-refractivity contribution is 5.67. The monoisotopic (exact) mass is 236 g/mol. The molecule has 1 aliphatic heterocycles. The first-order valence-electron chi connectivity index (χ1n) is 5.57. The van der Waals surface area contributed by atoms with Crippen LogP contribution >= 0.6 is 0 Å². The van der Waals surface area contributed by atoms with Gasteiger partial charge in [-0.05, 0) is 29.5 Å². The number of rotatable bonds is 4. The molecule has 0 aromatic heterocycles. The molecular weight excluding hydrogens is 220 g/mol. The van der Waals surface area contributed by atoms with Gasteiger partial charge >= 0.3 is 5.97 Å². The first kappa shape index (κ1) is 11.8. The summed E-state index contributed by atoms with van der Waals surface area (Å²) < 4.78 is 10.5. The van der Waals surface area contributed by atoms with E-state index in [0.29, 0.717) is 6.42 Å². The van der Waals surface area contributed by atoms with E-state index in [4.69, 9.17) is 14.6 Å². The normalized spacial score (nSPS) is 13.8. The SMILES string of the molecule is CC(C)(CC(=O)O)Cc1ccc2c(c1)OCO2. The van der Waals surface area contributed by atoms with E-state index in [0.717, 1.165) is 17.1 Å². The van der Waals surface area contributed by atoms with E-state index < -0.39 is 5.97 Å². The number of hydrogen-bond acceptors (Lipinski definition) is 3. The second-order valence-corrected chi connectivity index (χ2v) is 5.10. The zero-order valence-corrected chi connectivity index (χ0v) is 10.0. The maximum atomic E-state index is 10.7. The molecule has 0 bridgehead atoms. The van der Waals surface area contributed by atoms with Crippen LogP contribution in [0.5, 0.6) is 11.5 Å². The fourth-order valence-corrected chi connectivity index (χ4v) is 2.08. The molecule has 0 atom stereocenters. The highest BCUT2D eigenvalue weighted by atomic mass is 16.7. The van der Waals surface area contributed by atoms with Crippen LogP contribution in [0.15, 0.2) is 18.2 Å². The average molecular weight is 236 g/mol. The van der Waals surface area contributed by atoms with Crippen molar-refractivity contribution in [2.75, 3.05) is 6.79 Å². The van der Waals surface area contributed by atoms with Crippen molar-refractivity contribution in [1.29, 1.82) is 0 Å². The first-order chi connectivity index (χ1) is 7.96. The van der Waals surface area contributed by atoms with Crippen molar-refractivity contribution in [3.05, 3.63) is 23.8 Å². The lowest BCUT2D eigenvalue weighted by atomic mass is 9.83. The van der Waals surface area contributed by atoms with Crippen molar-refractivity contribution in [2.45, 2.75) is 26.7 Å². The van der Waals surface area contributed by atoms with Crippen LogP contribution in [0.2, 0.25) is 0 Å². The van der Waals surface area contributed by atoms with Crippen LogP contribution in [0.25, 0.3) is 0 Å². The third kappa shape index (κ3) is 2.90. The minimum absolute atomic E-state index is 0.154. The van der Waals surface area contributed by atoms with E-state index in [9.17, 15) is 4.79 Å². The summed E-state index contributed by atoms with van der Waals surface area (Å²) >= 11 is 0. The summed E-state index contributed by atoms with van der Waals surface area (Å²) in [6.45, 7) is 4.16. The molecule has 0 saturated heterocycles. The lowest BCUT2D eigenvalue weighted by Crippen LogP contribution is -2.19. The lowest BCUT2D eigenvalue weighted by molar-refractivity contribution is -0.139. The molecule has 17 heavy (non-hydrogen) atoms. The van der Waals surface area contributed by atoms with E-state index >= 15 is 0 Å². The standard InChI is InChI=1S/C13H16O4/c1-13(2,7-12(14)15)6-9-3-4-10-11(5-9)17-8-16-10/h3-5H,6-8H2,1-2H3,(H,14,15). The number of ether oxygens (including phenoxy) is 2. The summed E-state index contributed by atoms with van der Waals surface area (Å²) in [7, 11) is 0. The highest BCUT2D eigenvalue weighted by Gasteiger charge is 2.23. The second kappa shape index (κ2) is 4.28. The Morgan fingerprint density at radius 3 is 2.76 bits per heavy atom. The fourth-order valence-electron chi connectivity index (χ4n) is 2.08. The van der Waals surface area contributed by atoms with Gasteiger partial charge in [-0.25, -0.2) is 0 Å². The fraction of sp³-hybridized carbons (Fsp3) is 0.462. The van der Waals surface area contributed by atoms with Gasteiger partial charge in [-0.2, -0.15) is 0 Å². The molecule has 0 radical (unpaired) electrons. The number of hydrogen-bond donors (Lipinski definition) is 1. The molecule has 0 spiro atoms. The maximum absolute atomic E-state index is 10.7. The van der Waals surface area contributed by atoms with Crippen molar-refractivity contribution in [3.63, 3.8) is 0 Å². The van der Waals surface area contributed by atoms with Crippen LogP contribution in [0, 0.1) is 5.41 Å². The Balaban J connectivity index is 2.11. The summed E-state index contributed by atoms with van der Waals surface area (Å²) in [5.74, 6) is 0.731. The average Bonchev–Trinajstić information content (AvgIpc) is 2.61. The Morgan fingerprint density at radius 1 is 1.35 bits per heavy atom. The largest absolute Gasteiger partial charge is 0.481 e. The van der Waals surface area contributed by atoms with Gasteiger partial charge in [0.1, 0.15) is 0 Å². The third-order valence-corrected chi connectivity index (χ3v) is 2.75. The van der Waals surface area contributed by atoms with Crippen molar-refractivity contribution in [2.24, 2.45) is 5.41 Å². The van der Waals surface area contributed by atoms with Gasteiger partial charge in [-0.1, -0.05) is 19.9 Å². The minimum atomic E-state index is -0.768. The van der Waals surface area contributed by atoms with E-state index in [2.05, 4.69) is 0 Å². The molecule has 92 valence electrons. The van der Waals surface area contributed by atoms with Gasteiger partial charge in [0.15, 0.2) is 11.5 Å². The number of carboxylic acid groups (broad SMARTS) is 1. The van der Waals surface area contributed by atoms with Crippen LogP contribution in [-0.4, -0.2) is 17.9 Å². The van der Waals surface area contributed by atoms with Crippen molar-refractivity contribution < 1.29 is 19.4 Å². The molecule has 1 aromatic rings. The van der Waals surface area contributed by atoms with Crippen molar-refractivity contribution in [1.82, 2.24) is 0 Å². The van der Waals surface area contributed by atoms with Crippen LogP contribution in [0.1, 0.15) is 25.8 Å². The van der Waals surface area contributed by atoms with Gasteiger partial charge in [0.25, 0.3) is 0 Å². The Hall–Kier alpha value is -1.71. The summed E-state index contributed by atoms with van der Waals surface area (Å²) in [4.78, 5) is 10.7. The van der Waals surface area contributed by atoms with Gasteiger partial charge in [0, 0.05) is 0 Å². The second-order valence-electron chi connectivity index (χ2n) is 5.10. The van der Waals surface area contributed by atoms with Crippen LogP contribution < -0.4 is 9.47 Å². The number of aliphatic carboxylic acids is 1. The number of benzene rings is 1. The van der Waals surface area contributed by atoms with Gasteiger partial charge < -0.3 is 14.6 Å². The summed E-state index contributed by atoms with van der Waals surface area (Å²) in [5, 5.41) is 8.84. The van der Waals surface area contributed by atoms with E-state index in [-0.39, 0.29) is 18.6 Å². The van der Waals surface area contributed by atoms with Gasteiger partial charge in [0.2, 0.25) is 6.79 Å². The first-order valence-corrected chi connectivity index (χ1v) is 5.57. The molecule has 1 heterocycles. The molecule has 4 heteroatoms. The number of carbonyl (C=O) groups is 1. The van der Waals surface area contributed by atoms with E-state index in [1.54, 1.807) is 0 Å². The van der Waals surface area contributed by atoms with Crippen molar-refractivity contribution in [3.8, 4) is 11.5 Å². The van der Waals surface area contributed by atoms with E-state index in [1.165, 1.54) is 0 Å². The zero-order chi connectivity index (χ0) is 12.5. The van der Waals surface area contributed by atoms with Gasteiger partial charge in [-0.3, -0.25) is 4.79 Å². The van der Waals surface area contributed by atoms with Gasteiger partial charge in [-0.15, -0.1) is 0 Å². The number of carboxylic acids is 1. The molecule has 0 fully saturated rings. The van der Waals surface area contributed by atoms with Crippen LogP contribution in [-0.2, 0) is 11.2 Å². The van der Waals surface area contributed by atoms with Crippen molar-refractivity contribution >= 4 is 5.97 Å². The smallest absolute Gasteiger partial charge is 0.303 e. The Morgan fingerprint density at radius 2 is 2.06 bits per heavy atom. The van der Waals surface area contributed by atoms with Gasteiger partial charge in [0.05, 0.1) is 6.42 Å². The number of fused-ring (bicyclic) bond motifs is 1. The maximum Gasteiger partial charge on any atom is 0.303 e. The van der Waals surface area contributed by atoms with E-state index in [1.807, 2.05) is 32.0 Å². The molecule has 4 nitrogen and oxygen atoms in total. The molecule has 1 aliphatic rings. The summed E-state index contributed by atoms with van der Waals surface area (Å²) in [5.41, 5.74) is 0.806. The van der Waals surface area contributed by atoms with Crippen LogP contribution in [0.3, 0.4) is 0 Å². The molecule has 0 aliphatic carbocycles. The predicted octanol–water partition coefficient (Wildman–Crippen LogP) is 2.46. The lowest BCUT2D eigenvalue weighted by Gasteiger charge is -2.22. The molecule has 0 saturated carbocycles. The topological polar surface area (TPSA) is 55.8 Å². The quantitative estimate of drug-likeness (QED) is 0.872.